The SMILES string of the molecule is CC(N)Cc1c(Cl)cccc1Oc1ccc(F)cc1F. The molecule has 1 unspecified atom stereocenters. The highest BCUT2D eigenvalue weighted by atomic mass is 35.5. The molecule has 5 heteroatoms. The first-order valence-electron chi connectivity index (χ1n) is 6.13. The molecule has 0 aromatic heterocycles. The molecule has 0 aliphatic heterocycles. The summed E-state index contributed by atoms with van der Waals surface area (Å²) in [7, 11) is 0. The Balaban J connectivity index is 2.35. The second-order valence-electron chi connectivity index (χ2n) is 4.57. The number of benzene rings is 2. The summed E-state index contributed by atoms with van der Waals surface area (Å²) in [4.78, 5) is 0. The molecule has 2 aromatic rings. The largest absolute Gasteiger partial charge is 0.454 e. The highest BCUT2D eigenvalue weighted by molar-refractivity contribution is 6.31. The Morgan fingerprint density at radius 2 is 1.95 bits per heavy atom. The van der Waals surface area contributed by atoms with Crippen molar-refractivity contribution in [1.82, 2.24) is 0 Å². The van der Waals surface area contributed by atoms with Crippen LogP contribution in [0.2, 0.25) is 5.02 Å². The Morgan fingerprint density at radius 3 is 2.60 bits per heavy atom. The van der Waals surface area contributed by atoms with Crippen molar-refractivity contribution in [2.24, 2.45) is 5.73 Å². The third-order valence-corrected chi connectivity index (χ3v) is 3.07. The monoisotopic (exact) mass is 297 g/mol. The van der Waals surface area contributed by atoms with Gasteiger partial charge in [0.25, 0.3) is 0 Å². The van der Waals surface area contributed by atoms with Gasteiger partial charge in [0.2, 0.25) is 0 Å². The summed E-state index contributed by atoms with van der Waals surface area (Å²) in [6.07, 6.45) is 0.498. The highest BCUT2D eigenvalue weighted by Crippen LogP contribution is 2.32. The molecular weight excluding hydrogens is 284 g/mol. The normalized spacial score (nSPS) is 12.2. The van der Waals surface area contributed by atoms with Gasteiger partial charge in [-0.3, -0.25) is 0 Å². The van der Waals surface area contributed by atoms with Crippen molar-refractivity contribution < 1.29 is 13.5 Å². The standard InChI is InChI=1S/C15H14ClF2NO/c1-9(19)7-11-12(16)3-2-4-14(11)20-15-6-5-10(17)8-13(15)18/h2-6,8-9H,7,19H2,1H3. The van der Waals surface area contributed by atoms with Crippen molar-refractivity contribution >= 4 is 11.6 Å². The van der Waals surface area contributed by atoms with Crippen LogP contribution in [0.15, 0.2) is 36.4 Å². The van der Waals surface area contributed by atoms with Crippen LogP contribution in [0.4, 0.5) is 8.78 Å². The number of rotatable bonds is 4. The van der Waals surface area contributed by atoms with Crippen molar-refractivity contribution in [3.63, 3.8) is 0 Å². The number of ether oxygens (including phenoxy) is 1. The first kappa shape index (κ1) is 14.8. The fourth-order valence-electron chi connectivity index (χ4n) is 1.83. The zero-order chi connectivity index (χ0) is 14.7. The Labute approximate surface area is 121 Å². The Kier molecular flexibility index (Phi) is 4.57. The van der Waals surface area contributed by atoms with Gasteiger partial charge in [0.15, 0.2) is 11.6 Å². The molecule has 2 N–H and O–H groups in total. The smallest absolute Gasteiger partial charge is 0.168 e. The van der Waals surface area contributed by atoms with Crippen molar-refractivity contribution in [1.29, 1.82) is 0 Å². The molecule has 0 saturated carbocycles. The highest BCUT2D eigenvalue weighted by Gasteiger charge is 2.13. The summed E-state index contributed by atoms with van der Waals surface area (Å²) >= 11 is 6.12. The van der Waals surface area contributed by atoms with Crippen LogP contribution >= 0.6 is 11.6 Å². The van der Waals surface area contributed by atoms with E-state index in [0.717, 1.165) is 12.1 Å². The van der Waals surface area contributed by atoms with Crippen LogP contribution in [0, 0.1) is 11.6 Å². The van der Waals surface area contributed by atoms with Gasteiger partial charge >= 0.3 is 0 Å². The zero-order valence-electron chi connectivity index (χ0n) is 10.9. The van der Waals surface area contributed by atoms with Gasteiger partial charge in [-0.15, -0.1) is 0 Å². The molecule has 0 saturated heterocycles. The molecule has 0 bridgehead atoms. The average molecular weight is 298 g/mol. The molecule has 106 valence electrons. The second-order valence-corrected chi connectivity index (χ2v) is 4.98. The van der Waals surface area contributed by atoms with Crippen LogP contribution in [0.5, 0.6) is 11.5 Å². The number of hydrogen-bond acceptors (Lipinski definition) is 2. The average Bonchev–Trinajstić information content (AvgIpc) is 2.36. The predicted molar refractivity (Wildman–Crippen MR) is 75.2 cm³/mol. The van der Waals surface area contributed by atoms with Crippen molar-refractivity contribution in [2.75, 3.05) is 0 Å². The number of nitrogens with two attached hydrogens (primary N) is 1. The van der Waals surface area contributed by atoms with Gasteiger partial charge < -0.3 is 10.5 Å². The van der Waals surface area contributed by atoms with Gasteiger partial charge in [0.05, 0.1) is 0 Å². The van der Waals surface area contributed by atoms with E-state index in [1.54, 1.807) is 18.2 Å². The van der Waals surface area contributed by atoms with E-state index in [1.165, 1.54) is 6.07 Å². The first-order chi connectivity index (χ1) is 9.47. The van der Waals surface area contributed by atoms with E-state index in [2.05, 4.69) is 0 Å². The van der Waals surface area contributed by atoms with E-state index in [-0.39, 0.29) is 11.8 Å². The van der Waals surface area contributed by atoms with Crippen molar-refractivity contribution in [3.8, 4) is 11.5 Å². The van der Waals surface area contributed by atoms with Crippen LogP contribution in [0.25, 0.3) is 0 Å². The summed E-state index contributed by atoms with van der Waals surface area (Å²) in [5.74, 6) is -1.06. The molecule has 0 fully saturated rings. The third-order valence-electron chi connectivity index (χ3n) is 2.72. The molecule has 20 heavy (non-hydrogen) atoms. The molecule has 2 nitrogen and oxygen atoms in total. The van der Waals surface area contributed by atoms with Crippen LogP contribution in [0.1, 0.15) is 12.5 Å². The van der Waals surface area contributed by atoms with Crippen LogP contribution in [-0.2, 0) is 6.42 Å². The Bertz CT molecular complexity index is 617. The van der Waals surface area contributed by atoms with Crippen LogP contribution in [-0.4, -0.2) is 6.04 Å². The molecule has 0 aliphatic rings. The van der Waals surface area contributed by atoms with Gasteiger partial charge in [0, 0.05) is 22.7 Å². The van der Waals surface area contributed by atoms with E-state index < -0.39 is 11.6 Å². The Hall–Kier alpha value is -1.65. The van der Waals surface area contributed by atoms with Crippen molar-refractivity contribution in [3.05, 3.63) is 58.6 Å². The molecule has 0 amide bonds. The molecule has 0 aliphatic carbocycles. The minimum atomic E-state index is -0.767. The summed E-state index contributed by atoms with van der Waals surface area (Å²) in [6, 6.07) is 8.11. The topological polar surface area (TPSA) is 35.2 Å². The van der Waals surface area contributed by atoms with Gasteiger partial charge in [-0.05, 0) is 37.6 Å². The van der Waals surface area contributed by atoms with E-state index in [4.69, 9.17) is 22.1 Å². The van der Waals surface area contributed by atoms with Crippen molar-refractivity contribution in [2.45, 2.75) is 19.4 Å². The lowest BCUT2D eigenvalue weighted by Crippen LogP contribution is -2.18. The first-order valence-corrected chi connectivity index (χ1v) is 6.51. The van der Waals surface area contributed by atoms with Crippen LogP contribution in [0.3, 0.4) is 0 Å². The minimum Gasteiger partial charge on any atom is -0.454 e. The third kappa shape index (κ3) is 3.46. The predicted octanol–water partition coefficient (Wildman–Crippen LogP) is 4.30. The molecule has 0 radical (unpaired) electrons. The van der Waals surface area contributed by atoms with Gasteiger partial charge in [-0.25, -0.2) is 8.78 Å². The number of halogens is 3. The molecule has 2 aromatic carbocycles. The zero-order valence-corrected chi connectivity index (χ0v) is 11.6. The summed E-state index contributed by atoms with van der Waals surface area (Å²) in [5, 5.41) is 0.502. The maximum atomic E-state index is 13.6. The lowest BCUT2D eigenvalue weighted by Gasteiger charge is -2.14. The fraction of sp³-hybridized carbons (Fsp3) is 0.200. The maximum Gasteiger partial charge on any atom is 0.168 e. The van der Waals surface area contributed by atoms with E-state index in [0.29, 0.717) is 22.8 Å². The lowest BCUT2D eigenvalue weighted by atomic mass is 10.1. The molecule has 0 spiro atoms. The molecule has 0 heterocycles. The van der Waals surface area contributed by atoms with E-state index in [1.807, 2.05) is 6.92 Å². The summed E-state index contributed by atoms with van der Waals surface area (Å²) < 4.78 is 32.0. The quantitative estimate of drug-likeness (QED) is 0.913. The van der Waals surface area contributed by atoms with Crippen LogP contribution < -0.4 is 10.5 Å². The Morgan fingerprint density at radius 1 is 1.20 bits per heavy atom. The van der Waals surface area contributed by atoms with Gasteiger partial charge in [-0.2, -0.15) is 0 Å². The maximum absolute atomic E-state index is 13.6. The molecule has 2 rings (SSSR count). The molecular formula is C15H14ClF2NO. The fourth-order valence-corrected chi connectivity index (χ4v) is 2.07. The minimum absolute atomic E-state index is 0.0559. The van der Waals surface area contributed by atoms with E-state index in [9.17, 15) is 8.78 Å². The number of hydrogen-bond donors (Lipinski definition) is 1. The lowest BCUT2D eigenvalue weighted by molar-refractivity contribution is 0.432. The second kappa shape index (κ2) is 6.20. The van der Waals surface area contributed by atoms with Gasteiger partial charge in [-0.1, -0.05) is 17.7 Å². The molecule has 1 atom stereocenters. The van der Waals surface area contributed by atoms with E-state index >= 15 is 0 Å². The van der Waals surface area contributed by atoms with Gasteiger partial charge in [0.1, 0.15) is 11.6 Å². The summed E-state index contributed by atoms with van der Waals surface area (Å²) in [6.45, 7) is 1.84. The summed E-state index contributed by atoms with van der Waals surface area (Å²) in [5.41, 5.74) is 6.47.